The van der Waals surface area contributed by atoms with E-state index in [1.165, 1.54) is 161 Å². The monoisotopic (exact) mass is 1190 g/mol. The first-order valence-electron chi connectivity index (χ1n) is 34.6. The van der Waals surface area contributed by atoms with Gasteiger partial charge in [0.25, 0.3) is 0 Å². The van der Waals surface area contributed by atoms with Gasteiger partial charge in [-0.05, 0) is 103 Å². The second-order valence-corrected chi connectivity index (χ2v) is 25.6. The second-order valence-electron chi connectivity index (χ2n) is 24.2. The summed E-state index contributed by atoms with van der Waals surface area (Å²) in [5.74, 6) is -0.816. The summed E-state index contributed by atoms with van der Waals surface area (Å²) in [6.07, 6.45) is 90.5. The SMILES string of the molecule is CC/C=C\C/C=C\C/C=C\C/C=C\C/C=C\C/C=C\C/C=C\CCCCCCCC(=O)OC(COC(=O)CCCCCCCCCCCCCCCCCCCCCCC/C=C\C/C=C\CCCCCCC)COP(=O)(O)OCC[N+](C)(C)C. The van der Waals surface area contributed by atoms with E-state index in [1.54, 1.807) is 0 Å². The number of nitrogens with zero attached hydrogens (tertiary/aromatic N) is 1. The first-order chi connectivity index (χ1) is 41.0. The highest BCUT2D eigenvalue weighted by atomic mass is 31.2. The molecule has 0 bridgehead atoms. The van der Waals surface area contributed by atoms with Gasteiger partial charge in [-0.15, -0.1) is 0 Å². The lowest BCUT2D eigenvalue weighted by Gasteiger charge is -2.24. The molecule has 0 spiro atoms. The third-order valence-corrected chi connectivity index (χ3v) is 15.8. The Morgan fingerprint density at radius 2 is 0.679 bits per heavy atom. The average molecular weight is 1190 g/mol. The fourth-order valence-electron chi connectivity index (χ4n) is 9.50. The lowest BCUT2D eigenvalue weighted by Crippen LogP contribution is -2.37. The number of phosphoric acid groups is 1. The molecule has 0 heterocycles. The molecule has 0 aromatic rings. The van der Waals surface area contributed by atoms with Crippen LogP contribution in [-0.2, 0) is 32.7 Å². The first kappa shape index (κ1) is 80.7. The van der Waals surface area contributed by atoms with E-state index in [4.69, 9.17) is 18.5 Å². The smallest absolute Gasteiger partial charge is 0.462 e. The molecule has 0 aromatic carbocycles. The summed E-state index contributed by atoms with van der Waals surface area (Å²) in [5, 5.41) is 0. The van der Waals surface area contributed by atoms with Crippen molar-refractivity contribution < 1.29 is 42.1 Å². The molecule has 1 N–H and O–H groups in total. The Bertz CT molecular complexity index is 1790. The van der Waals surface area contributed by atoms with Gasteiger partial charge in [-0.1, -0.05) is 290 Å². The highest BCUT2D eigenvalue weighted by Gasteiger charge is 2.27. The maximum Gasteiger partial charge on any atom is 0.472 e. The lowest BCUT2D eigenvalue weighted by atomic mass is 10.0. The Morgan fingerprint density at radius 3 is 1.01 bits per heavy atom. The zero-order valence-corrected chi connectivity index (χ0v) is 56.0. The molecule has 0 aliphatic heterocycles. The van der Waals surface area contributed by atoms with Crippen LogP contribution in [0.3, 0.4) is 0 Å². The molecule has 0 radical (unpaired) electrons. The van der Waals surface area contributed by atoms with E-state index in [-0.39, 0.29) is 32.0 Å². The standard InChI is InChI=1S/C74H130NO8P/c1-6-8-10-12-14-16-18-20-22-24-26-28-30-32-34-35-36-37-38-39-41-42-44-46-48-50-52-54-56-58-60-62-64-66-73(76)80-70-72(71-82-84(78,79)81-69-68-75(3,4)5)83-74(77)67-65-63-61-59-57-55-53-51-49-47-45-43-40-33-31-29-27-25-23-21-19-17-15-13-11-9-7-2/h9,11,15,17-18,20-21,23-24,26-27,29,33,40,45,47,51,53,72H,6-8,10,12-14,16,19,22,25,28,30-32,34-39,41-44,46,48-50,52,54-71H2,1-5H3/p+1/b11-9-,17-15-,20-18-,23-21-,26-24-,29-27-,40-33-,47-45-,53-51-. The maximum absolute atomic E-state index is 12.9. The van der Waals surface area contributed by atoms with Gasteiger partial charge in [0.2, 0.25) is 0 Å². The van der Waals surface area contributed by atoms with Crippen molar-refractivity contribution in [3.63, 3.8) is 0 Å². The van der Waals surface area contributed by atoms with Gasteiger partial charge in [0.15, 0.2) is 6.10 Å². The zero-order chi connectivity index (χ0) is 61.2. The molecule has 0 amide bonds. The molecular formula is C74H131NO8P+. The zero-order valence-electron chi connectivity index (χ0n) is 55.1. The predicted octanol–water partition coefficient (Wildman–Crippen LogP) is 22.5. The van der Waals surface area contributed by atoms with Crippen molar-refractivity contribution in [1.82, 2.24) is 0 Å². The van der Waals surface area contributed by atoms with Gasteiger partial charge in [-0.2, -0.15) is 0 Å². The van der Waals surface area contributed by atoms with Crippen molar-refractivity contribution in [2.45, 2.75) is 302 Å². The largest absolute Gasteiger partial charge is 0.472 e. The first-order valence-corrected chi connectivity index (χ1v) is 36.1. The van der Waals surface area contributed by atoms with Gasteiger partial charge in [0, 0.05) is 12.8 Å². The highest BCUT2D eigenvalue weighted by Crippen LogP contribution is 2.43. The number of hydrogen-bond acceptors (Lipinski definition) is 7. The fraction of sp³-hybridized carbons (Fsp3) is 0.730. The molecular weight excluding hydrogens is 1060 g/mol. The number of unbranched alkanes of at least 4 members (excludes halogenated alkanes) is 31. The lowest BCUT2D eigenvalue weighted by molar-refractivity contribution is -0.870. The molecule has 2 atom stereocenters. The molecule has 2 unspecified atom stereocenters. The minimum atomic E-state index is -4.40. The topological polar surface area (TPSA) is 108 Å². The summed E-state index contributed by atoms with van der Waals surface area (Å²) in [6, 6.07) is 0. The number of carbonyl (C=O) groups excluding carboxylic acids is 2. The summed E-state index contributed by atoms with van der Waals surface area (Å²) in [5.41, 5.74) is 0. The van der Waals surface area contributed by atoms with Crippen LogP contribution in [0.2, 0.25) is 0 Å². The number of hydrogen-bond donors (Lipinski definition) is 1. The van der Waals surface area contributed by atoms with Crippen LogP contribution in [-0.4, -0.2) is 74.9 Å². The Labute approximate surface area is 518 Å². The van der Waals surface area contributed by atoms with E-state index in [0.29, 0.717) is 17.4 Å². The third kappa shape index (κ3) is 67.8. The van der Waals surface area contributed by atoms with E-state index in [2.05, 4.69) is 123 Å². The van der Waals surface area contributed by atoms with Crippen molar-refractivity contribution in [2.24, 2.45) is 0 Å². The fourth-order valence-corrected chi connectivity index (χ4v) is 10.2. The van der Waals surface area contributed by atoms with Crippen LogP contribution < -0.4 is 0 Å². The van der Waals surface area contributed by atoms with E-state index in [0.717, 1.165) is 103 Å². The number of esters is 2. The molecule has 9 nitrogen and oxygen atoms in total. The Morgan fingerprint density at radius 1 is 0.381 bits per heavy atom. The Kier molecular flexibility index (Phi) is 61.6. The van der Waals surface area contributed by atoms with Crippen LogP contribution in [0, 0.1) is 0 Å². The normalized spacial score (nSPS) is 13.8. The van der Waals surface area contributed by atoms with Gasteiger partial charge in [-0.3, -0.25) is 18.6 Å². The van der Waals surface area contributed by atoms with E-state index < -0.39 is 26.5 Å². The van der Waals surface area contributed by atoms with Crippen molar-refractivity contribution in [1.29, 1.82) is 0 Å². The maximum atomic E-state index is 12.9. The molecule has 0 saturated carbocycles. The second kappa shape index (κ2) is 64.2. The number of likely N-dealkylation sites (N-methyl/N-ethyl adjacent to an activating group) is 1. The number of ether oxygens (including phenoxy) is 2. The predicted molar refractivity (Wildman–Crippen MR) is 362 cm³/mol. The van der Waals surface area contributed by atoms with Gasteiger partial charge in [0.1, 0.15) is 19.8 Å². The molecule has 0 rings (SSSR count). The number of phosphoric ester groups is 1. The van der Waals surface area contributed by atoms with Crippen LogP contribution >= 0.6 is 7.82 Å². The van der Waals surface area contributed by atoms with Crippen molar-refractivity contribution in [3.05, 3.63) is 109 Å². The quantitative estimate of drug-likeness (QED) is 0.0211. The molecule has 0 aliphatic rings. The third-order valence-electron chi connectivity index (χ3n) is 14.8. The summed E-state index contributed by atoms with van der Waals surface area (Å²) in [7, 11) is 1.46. The Balaban J connectivity index is 4.08. The van der Waals surface area contributed by atoms with Gasteiger partial charge >= 0.3 is 19.8 Å². The molecule has 0 aliphatic carbocycles. The summed E-state index contributed by atoms with van der Waals surface area (Å²) in [4.78, 5) is 35.9. The van der Waals surface area contributed by atoms with Crippen LogP contribution in [0.25, 0.3) is 0 Å². The van der Waals surface area contributed by atoms with Crippen molar-refractivity contribution >= 4 is 19.8 Å². The van der Waals surface area contributed by atoms with E-state index in [1.807, 2.05) is 21.1 Å². The average Bonchev–Trinajstić information content (AvgIpc) is 3.61. The summed E-state index contributed by atoms with van der Waals surface area (Å²) >= 11 is 0. The minimum Gasteiger partial charge on any atom is -0.462 e. The molecule has 484 valence electrons. The molecule has 10 heteroatoms. The number of carbonyl (C=O) groups is 2. The van der Waals surface area contributed by atoms with Gasteiger partial charge in [-0.25, -0.2) is 4.57 Å². The minimum absolute atomic E-state index is 0.0232. The van der Waals surface area contributed by atoms with Crippen LogP contribution in [0.4, 0.5) is 0 Å². The molecule has 0 aromatic heterocycles. The highest BCUT2D eigenvalue weighted by molar-refractivity contribution is 7.47. The number of rotatable bonds is 63. The van der Waals surface area contributed by atoms with Crippen molar-refractivity contribution in [2.75, 3.05) is 47.5 Å². The van der Waals surface area contributed by atoms with Crippen LogP contribution in [0.15, 0.2) is 109 Å². The molecule has 0 fully saturated rings. The van der Waals surface area contributed by atoms with Crippen molar-refractivity contribution in [3.8, 4) is 0 Å². The number of quaternary nitrogens is 1. The van der Waals surface area contributed by atoms with Gasteiger partial charge < -0.3 is 18.9 Å². The Hall–Kier alpha value is -3.33. The van der Waals surface area contributed by atoms with Gasteiger partial charge in [0.05, 0.1) is 27.7 Å². The summed E-state index contributed by atoms with van der Waals surface area (Å²) in [6.45, 7) is 4.31. The number of allylic oxidation sites excluding steroid dienone is 18. The van der Waals surface area contributed by atoms with E-state index in [9.17, 15) is 19.0 Å². The molecule has 0 saturated heterocycles. The summed E-state index contributed by atoms with van der Waals surface area (Å²) < 4.78 is 34.7. The van der Waals surface area contributed by atoms with E-state index >= 15 is 0 Å². The van der Waals surface area contributed by atoms with Crippen LogP contribution in [0.5, 0.6) is 0 Å². The van der Waals surface area contributed by atoms with Crippen LogP contribution in [0.1, 0.15) is 296 Å². The molecule has 84 heavy (non-hydrogen) atoms.